The van der Waals surface area contributed by atoms with E-state index in [0.29, 0.717) is 23.9 Å². The van der Waals surface area contributed by atoms with Crippen LogP contribution in [0.3, 0.4) is 0 Å². The van der Waals surface area contributed by atoms with E-state index in [1.54, 1.807) is 6.33 Å². The molecule has 0 aliphatic rings. The first-order valence-electron chi connectivity index (χ1n) is 8.05. The molecule has 6 heteroatoms. The highest BCUT2D eigenvalue weighted by atomic mass is 15.2. The van der Waals surface area contributed by atoms with Gasteiger partial charge in [-0.25, -0.2) is 15.0 Å². The van der Waals surface area contributed by atoms with Crippen LogP contribution < -0.4 is 11.1 Å². The minimum atomic E-state index is 0.498. The van der Waals surface area contributed by atoms with Gasteiger partial charge < -0.3 is 11.1 Å². The molecule has 0 saturated heterocycles. The van der Waals surface area contributed by atoms with Crippen LogP contribution in [0.2, 0.25) is 0 Å². The van der Waals surface area contributed by atoms with Gasteiger partial charge in [-0.2, -0.15) is 0 Å². The number of anilines is 2. The van der Waals surface area contributed by atoms with Gasteiger partial charge >= 0.3 is 0 Å². The molecule has 4 aromatic rings. The van der Waals surface area contributed by atoms with Crippen molar-refractivity contribution in [1.82, 2.24) is 19.5 Å². The number of para-hydroxylation sites is 2. The molecule has 4 rings (SSSR count). The van der Waals surface area contributed by atoms with Crippen molar-refractivity contribution in [3.8, 4) is 5.82 Å². The molecule has 0 saturated carbocycles. The number of nitrogens with zero attached hydrogens (tertiary/aromatic N) is 4. The molecule has 2 aromatic carbocycles. The van der Waals surface area contributed by atoms with Crippen molar-refractivity contribution in [2.24, 2.45) is 0 Å². The summed E-state index contributed by atoms with van der Waals surface area (Å²) in [6.45, 7) is 2.72. The van der Waals surface area contributed by atoms with Gasteiger partial charge in [0.1, 0.15) is 18.3 Å². The Labute approximate surface area is 145 Å². The van der Waals surface area contributed by atoms with E-state index < -0.39 is 0 Å². The summed E-state index contributed by atoms with van der Waals surface area (Å²) in [7, 11) is 0. The van der Waals surface area contributed by atoms with Gasteiger partial charge in [-0.05, 0) is 24.6 Å². The van der Waals surface area contributed by atoms with Crippen LogP contribution in [-0.2, 0) is 6.54 Å². The second kappa shape index (κ2) is 6.24. The smallest absolute Gasteiger partial charge is 0.167 e. The molecule has 0 atom stereocenters. The normalized spacial score (nSPS) is 10.9. The molecule has 0 aliphatic carbocycles. The summed E-state index contributed by atoms with van der Waals surface area (Å²) in [6.07, 6.45) is 3.24. The maximum Gasteiger partial charge on any atom is 0.167 e. The summed E-state index contributed by atoms with van der Waals surface area (Å²) in [6, 6.07) is 16.2. The summed E-state index contributed by atoms with van der Waals surface area (Å²) in [5, 5.41) is 3.29. The van der Waals surface area contributed by atoms with E-state index in [-0.39, 0.29) is 0 Å². The van der Waals surface area contributed by atoms with Crippen molar-refractivity contribution in [3.05, 3.63) is 72.3 Å². The van der Waals surface area contributed by atoms with Crippen LogP contribution >= 0.6 is 0 Å². The number of nitrogens with two attached hydrogens (primary N) is 1. The summed E-state index contributed by atoms with van der Waals surface area (Å²) in [5.74, 6) is 1.23. The zero-order chi connectivity index (χ0) is 17.2. The van der Waals surface area contributed by atoms with E-state index >= 15 is 0 Å². The fraction of sp³-hybridized carbons (Fsp3) is 0.105. The largest absolute Gasteiger partial charge is 0.393 e. The highest BCUT2D eigenvalue weighted by molar-refractivity contribution is 5.80. The Bertz CT molecular complexity index is 1020. The summed E-state index contributed by atoms with van der Waals surface area (Å²) >= 11 is 0. The van der Waals surface area contributed by atoms with E-state index in [0.717, 1.165) is 11.0 Å². The molecular formula is C19H18N6. The number of nitrogens with one attached hydrogen (secondary N) is 1. The predicted octanol–water partition coefficient (Wildman–Crippen LogP) is 3.32. The van der Waals surface area contributed by atoms with Crippen molar-refractivity contribution in [3.63, 3.8) is 0 Å². The molecule has 6 nitrogen and oxygen atoms in total. The lowest BCUT2D eigenvalue weighted by atomic mass is 10.1. The van der Waals surface area contributed by atoms with E-state index in [1.807, 2.05) is 28.8 Å². The van der Waals surface area contributed by atoms with Gasteiger partial charge in [-0.15, -0.1) is 0 Å². The SMILES string of the molecule is Cc1ccc(CNc2ncnc(-n3cnc4ccccc43)c2N)cc1. The molecule has 3 N–H and O–H groups in total. The lowest BCUT2D eigenvalue weighted by molar-refractivity contribution is 0.991. The lowest BCUT2D eigenvalue weighted by Gasteiger charge is -2.12. The molecule has 2 heterocycles. The van der Waals surface area contributed by atoms with E-state index in [1.165, 1.54) is 17.5 Å². The van der Waals surface area contributed by atoms with Crippen LogP contribution in [0.25, 0.3) is 16.9 Å². The topological polar surface area (TPSA) is 81.7 Å². The third-order valence-corrected chi connectivity index (χ3v) is 4.13. The Morgan fingerprint density at radius 1 is 1.00 bits per heavy atom. The number of aryl methyl sites for hydroxylation is 1. The zero-order valence-corrected chi connectivity index (χ0v) is 13.8. The molecule has 25 heavy (non-hydrogen) atoms. The summed E-state index contributed by atoms with van der Waals surface area (Å²) in [5.41, 5.74) is 11.1. The van der Waals surface area contributed by atoms with Crippen LogP contribution in [0.1, 0.15) is 11.1 Å². The number of nitrogen functional groups attached to an aromatic ring is 1. The molecule has 0 unspecified atom stereocenters. The standard InChI is InChI=1S/C19H18N6/c1-13-6-8-14(9-7-13)10-21-18-17(20)19(23-11-22-18)25-12-24-15-4-2-3-5-16(15)25/h2-9,11-12H,10,20H2,1H3,(H,21,22,23). The van der Waals surface area contributed by atoms with Crippen LogP contribution in [0.15, 0.2) is 61.2 Å². The van der Waals surface area contributed by atoms with Crippen molar-refractivity contribution < 1.29 is 0 Å². The number of aromatic nitrogens is 4. The lowest BCUT2D eigenvalue weighted by Crippen LogP contribution is -2.09. The van der Waals surface area contributed by atoms with Crippen molar-refractivity contribution in [1.29, 1.82) is 0 Å². The summed E-state index contributed by atoms with van der Waals surface area (Å²) < 4.78 is 1.88. The molecule has 0 radical (unpaired) electrons. The number of rotatable bonds is 4. The first-order valence-corrected chi connectivity index (χ1v) is 8.05. The summed E-state index contributed by atoms with van der Waals surface area (Å²) in [4.78, 5) is 13.0. The maximum atomic E-state index is 6.32. The predicted molar refractivity (Wildman–Crippen MR) is 99.6 cm³/mol. The van der Waals surface area contributed by atoms with Gasteiger partial charge in [0.2, 0.25) is 0 Å². The third-order valence-electron chi connectivity index (χ3n) is 4.13. The highest BCUT2D eigenvalue weighted by Gasteiger charge is 2.12. The second-order valence-corrected chi connectivity index (χ2v) is 5.90. The minimum Gasteiger partial charge on any atom is -0.393 e. The average Bonchev–Trinajstić information content (AvgIpc) is 3.06. The fourth-order valence-corrected chi connectivity index (χ4v) is 2.74. The Balaban J connectivity index is 1.65. The monoisotopic (exact) mass is 330 g/mol. The van der Waals surface area contributed by atoms with Gasteiger partial charge in [0.25, 0.3) is 0 Å². The Morgan fingerprint density at radius 3 is 2.64 bits per heavy atom. The number of imidazole rings is 1. The van der Waals surface area contributed by atoms with Gasteiger partial charge in [0.15, 0.2) is 11.6 Å². The van der Waals surface area contributed by atoms with Crippen LogP contribution in [0, 0.1) is 6.92 Å². The third kappa shape index (κ3) is 2.89. The van der Waals surface area contributed by atoms with E-state index in [9.17, 15) is 0 Å². The molecule has 2 aromatic heterocycles. The molecule has 0 spiro atoms. The fourth-order valence-electron chi connectivity index (χ4n) is 2.74. The molecule has 0 amide bonds. The van der Waals surface area contributed by atoms with Crippen molar-refractivity contribution in [2.45, 2.75) is 13.5 Å². The molecular weight excluding hydrogens is 312 g/mol. The zero-order valence-electron chi connectivity index (χ0n) is 13.8. The maximum absolute atomic E-state index is 6.32. The van der Waals surface area contributed by atoms with Crippen LogP contribution in [0.4, 0.5) is 11.5 Å². The Kier molecular flexibility index (Phi) is 3.78. The number of fused-ring (bicyclic) bond motifs is 1. The quantitative estimate of drug-likeness (QED) is 0.600. The Morgan fingerprint density at radius 2 is 1.80 bits per heavy atom. The first kappa shape index (κ1) is 15.1. The second-order valence-electron chi connectivity index (χ2n) is 5.90. The van der Waals surface area contributed by atoms with E-state index in [4.69, 9.17) is 5.73 Å². The van der Waals surface area contributed by atoms with Crippen LogP contribution in [0.5, 0.6) is 0 Å². The molecule has 0 bridgehead atoms. The van der Waals surface area contributed by atoms with Gasteiger partial charge in [0.05, 0.1) is 11.0 Å². The molecule has 124 valence electrons. The highest BCUT2D eigenvalue weighted by Crippen LogP contribution is 2.25. The molecule has 0 fully saturated rings. The van der Waals surface area contributed by atoms with Gasteiger partial charge in [-0.1, -0.05) is 42.0 Å². The van der Waals surface area contributed by atoms with E-state index in [2.05, 4.69) is 51.5 Å². The number of hydrogen-bond donors (Lipinski definition) is 2. The Hall–Kier alpha value is -3.41. The van der Waals surface area contributed by atoms with Gasteiger partial charge in [-0.3, -0.25) is 4.57 Å². The van der Waals surface area contributed by atoms with Crippen molar-refractivity contribution in [2.75, 3.05) is 11.1 Å². The van der Waals surface area contributed by atoms with Gasteiger partial charge in [0, 0.05) is 6.54 Å². The van der Waals surface area contributed by atoms with Crippen molar-refractivity contribution >= 4 is 22.5 Å². The first-order chi connectivity index (χ1) is 12.2. The van der Waals surface area contributed by atoms with Crippen LogP contribution in [-0.4, -0.2) is 19.5 Å². The molecule has 0 aliphatic heterocycles. The number of benzene rings is 2. The number of hydrogen-bond acceptors (Lipinski definition) is 5. The minimum absolute atomic E-state index is 0.498. The average molecular weight is 330 g/mol.